The van der Waals surface area contributed by atoms with Crippen molar-refractivity contribution in [2.45, 2.75) is 20.8 Å². The fourth-order valence-electron chi connectivity index (χ4n) is 2.19. The number of carbonyl (C=O) groups is 1. The SMILES string of the molecule is CC(C)(C)C(=O)O/N=C1\COc2ccc3ccccc3c21. The molecule has 0 bridgehead atoms. The fraction of sp³-hybridized carbons (Fsp3) is 0.294. The van der Waals surface area contributed by atoms with Gasteiger partial charge in [0.15, 0.2) is 0 Å². The van der Waals surface area contributed by atoms with Crippen LogP contribution in [0.5, 0.6) is 5.75 Å². The molecule has 4 nitrogen and oxygen atoms in total. The summed E-state index contributed by atoms with van der Waals surface area (Å²) < 4.78 is 5.61. The molecule has 0 aromatic heterocycles. The summed E-state index contributed by atoms with van der Waals surface area (Å²) in [6.07, 6.45) is 0. The zero-order valence-corrected chi connectivity index (χ0v) is 12.3. The van der Waals surface area contributed by atoms with Crippen LogP contribution in [-0.2, 0) is 9.63 Å². The number of benzene rings is 2. The van der Waals surface area contributed by atoms with Gasteiger partial charge < -0.3 is 9.57 Å². The third-order valence-corrected chi connectivity index (χ3v) is 3.39. The first-order valence-electron chi connectivity index (χ1n) is 6.90. The number of carbonyl (C=O) groups excluding carboxylic acids is 1. The van der Waals surface area contributed by atoms with Crippen LogP contribution in [-0.4, -0.2) is 18.3 Å². The van der Waals surface area contributed by atoms with Crippen LogP contribution >= 0.6 is 0 Å². The summed E-state index contributed by atoms with van der Waals surface area (Å²) in [7, 11) is 0. The summed E-state index contributed by atoms with van der Waals surface area (Å²) in [6.45, 7) is 5.71. The normalized spacial score (nSPS) is 15.9. The average Bonchev–Trinajstić information content (AvgIpc) is 2.87. The standard InChI is InChI=1S/C17H17NO3/c1-17(2,3)16(19)21-18-13-10-20-14-9-8-11-6-4-5-7-12(11)15(13)14/h4-9H,10H2,1-3H3/b18-13+. The van der Waals surface area contributed by atoms with Crippen molar-refractivity contribution in [2.24, 2.45) is 10.6 Å². The first-order valence-corrected chi connectivity index (χ1v) is 6.90. The van der Waals surface area contributed by atoms with Crippen LogP contribution in [0.4, 0.5) is 0 Å². The zero-order chi connectivity index (χ0) is 15.0. The van der Waals surface area contributed by atoms with Gasteiger partial charge in [-0.2, -0.15) is 0 Å². The molecule has 3 rings (SSSR count). The monoisotopic (exact) mass is 283 g/mol. The maximum absolute atomic E-state index is 11.8. The maximum atomic E-state index is 11.8. The molecule has 0 N–H and O–H groups in total. The third-order valence-electron chi connectivity index (χ3n) is 3.39. The largest absolute Gasteiger partial charge is 0.486 e. The van der Waals surface area contributed by atoms with E-state index in [9.17, 15) is 4.79 Å². The minimum Gasteiger partial charge on any atom is -0.486 e. The average molecular weight is 283 g/mol. The highest BCUT2D eigenvalue weighted by molar-refractivity contribution is 6.15. The van der Waals surface area contributed by atoms with Gasteiger partial charge in [-0.1, -0.05) is 35.5 Å². The van der Waals surface area contributed by atoms with Gasteiger partial charge in [-0.25, -0.2) is 4.79 Å². The Morgan fingerprint density at radius 3 is 2.71 bits per heavy atom. The molecule has 0 radical (unpaired) electrons. The van der Waals surface area contributed by atoms with Crippen molar-refractivity contribution in [3.05, 3.63) is 42.0 Å². The molecule has 1 aliphatic heterocycles. The van der Waals surface area contributed by atoms with E-state index in [4.69, 9.17) is 9.57 Å². The topological polar surface area (TPSA) is 47.9 Å². The maximum Gasteiger partial charge on any atom is 0.340 e. The Kier molecular flexibility index (Phi) is 3.16. The molecule has 0 aliphatic carbocycles. The summed E-state index contributed by atoms with van der Waals surface area (Å²) in [5, 5.41) is 6.18. The molecular weight excluding hydrogens is 266 g/mol. The summed E-state index contributed by atoms with van der Waals surface area (Å²) in [6, 6.07) is 11.9. The Bertz CT molecular complexity index is 741. The number of nitrogens with zero attached hydrogens (tertiary/aromatic N) is 1. The van der Waals surface area contributed by atoms with Crippen molar-refractivity contribution in [1.29, 1.82) is 0 Å². The van der Waals surface area contributed by atoms with E-state index in [1.54, 1.807) is 20.8 Å². The zero-order valence-electron chi connectivity index (χ0n) is 12.3. The molecule has 1 aliphatic rings. The molecule has 0 saturated carbocycles. The van der Waals surface area contributed by atoms with Gasteiger partial charge in [0.1, 0.15) is 18.1 Å². The summed E-state index contributed by atoms with van der Waals surface area (Å²) in [5.74, 6) is 0.419. The lowest BCUT2D eigenvalue weighted by atomic mass is 9.98. The number of hydrogen-bond acceptors (Lipinski definition) is 4. The number of ether oxygens (including phenoxy) is 1. The molecule has 2 aromatic rings. The Labute approximate surface area is 123 Å². The van der Waals surface area contributed by atoms with E-state index in [0.29, 0.717) is 12.3 Å². The lowest BCUT2D eigenvalue weighted by Gasteiger charge is -2.13. The second-order valence-corrected chi connectivity index (χ2v) is 6.12. The quantitative estimate of drug-likeness (QED) is 0.594. The van der Waals surface area contributed by atoms with Crippen molar-refractivity contribution in [3.63, 3.8) is 0 Å². The summed E-state index contributed by atoms with van der Waals surface area (Å²) in [4.78, 5) is 16.9. The van der Waals surface area contributed by atoms with Crippen molar-refractivity contribution in [1.82, 2.24) is 0 Å². The highest BCUT2D eigenvalue weighted by atomic mass is 16.7. The van der Waals surface area contributed by atoms with Crippen LogP contribution in [0.25, 0.3) is 10.8 Å². The first kappa shape index (κ1) is 13.6. The molecule has 1 heterocycles. The highest BCUT2D eigenvalue weighted by Gasteiger charge is 2.26. The number of fused-ring (bicyclic) bond motifs is 3. The third kappa shape index (κ3) is 2.49. The van der Waals surface area contributed by atoms with Crippen molar-refractivity contribution >= 4 is 22.5 Å². The number of oxime groups is 1. The van der Waals surface area contributed by atoms with Crippen LogP contribution in [0.3, 0.4) is 0 Å². The van der Waals surface area contributed by atoms with Crippen LogP contribution in [0, 0.1) is 5.41 Å². The van der Waals surface area contributed by atoms with Gasteiger partial charge in [-0.05, 0) is 37.6 Å². The van der Waals surface area contributed by atoms with Crippen LogP contribution in [0.2, 0.25) is 0 Å². The van der Waals surface area contributed by atoms with Crippen molar-refractivity contribution in [3.8, 4) is 5.75 Å². The van der Waals surface area contributed by atoms with Crippen molar-refractivity contribution in [2.75, 3.05) is 6.61 Å². The van der Waals surface area contributed by atoms with E-state index in [2.05, 4.69) is 5.16 Å². The number of hydrogen-bond donors (Lipinski definition) is 0. The lowest BCUT2D eigenvalue weighted by Crippen LogP contribution is -2.21. The number of rotatable bonds is 1. The molecule has 0 amide bonds. The van der Waals surface area contributed by atoms with Gasteiger partial charge in [0, 0.05) is 0 Å². The van der Waals surface area contributed by atoms with Gasteiger partial charge in [0.05, 0.1) is 11.0 Å². The van der Waals surface area contributed by atoms with E-state index in [1.807, 2.05) is 36.4 Å². The molecular formula is C17H17NO3. The van der Waals surface area contributed by atoms with Gasteiger partial charge in [-0.15, -0.1) is 0 Å². The molecule has 0 unspecified atom stereocenters. The Morgan fingerprint density at radius 2 is 1.95 bits per heavy atom. The molecule has 21 heavy (non-hydrogen) atoms. The Balaban J connectivity index is 2.00. The van der Waals surface area contributed by atoms with Gasteiger partial charge in [0.2, 0.25) is 0 Å². The fourth-order valence-corrected chi connectivity index (χ4v) is 2.19. The second kappa shape index (κ2) is 4.88. The smallest absolute Gasteiger partial charge is 0.340 e. The van der Waals surface area contributed by atoms with Crippen LogP contribution in [0.15, 0.2) is 41.6 Å². The molecule has 0 saturated heterocycles. The molecule has 2 aromatic carbocycles. The van der Waals surface area contributed by atoms with Crippen LogP contribution < -0.4 is 4.74 Å². The first-order chi connectivity index (χ1) is 9.97. The van der Waals surface area contributed by atoms with E-state index >= 15 is 0 Å². The summed E-state index contributed by atoms with van der Waals surface area (Å²) >= 11 is 0. The van der Waals surface area contributed by atoms with E-state index in [-0.39, 0.29) is 5.97 Å². The predicted octanol–water partition coefficient (Wildman–Crippen LogP) is 3.53. The van der Waals surface area contributed by atoms with Crippen LogP contribution in [0.1, 0.15) is 26.3 Å². The van der Waals surface area contributed by atoms with Gasteiger partial charge in [-0.3, -0.25) is 0 Å². The van der Waals surface area contributed by atoms with E-state index < -0.39 is 5.41 Å². The minimum atomic E-state index is -0.578. The lowest BCUT2D eigenvalue weighted by molar-refractivity contribution is -0.152. The molecule has 0 spiro atoms. The van der Waals surface area contributed by atoms with E-state index in [1.165, 1.54) is 0 Å². The molecule has 0 atom stereocenters. The molecule has 0 fully saturated rings. The van der Waals surface area contributed by atoms with E-state index in [0.717, 1.165) is 22.1 Å². The highest BCUT2D eigenvalue weighted by Crippen LogP contribution is 2.33. The Hall–Kier alpha value is -2.36. The predicted molar refractivity (Wildman–Crippen MR) is 81.5 cm³/mol. The summed E-state index contributed by atoms with van der Waals surface area (Å²) in [5.41, 5.74) is 0.986. The van der Waals surface area contributed by atoms with Gasteiger partial charge in [0.25, 0.3) is 0 Å². The van der Waals surface area contributed by atoms with Gasteiger partial charge >= 0.3 is 5.97 Å². The molecule has 4 heteroatoms. The second-order valence-electron chi connectivity index (χ2n) is 6.12. The molecule has 108 valence electrons. The Morgan fingerprint density at radius 1 is 1.19 bits per heavy atom. The minimum absolute atomic E-state index is 0.320. The van der Waals surface area contributed by atoms with Crippen molar-refractivity contribution < 1.29 is 14.4 Å².